The third-order valence-electron chi connectivity index (χ3n) is 1.68. The van der Waals surface area contributed by atoms with E-state index >= 15 is 0 Å². The number of aliphatic hydroxyl groups excluding tert-OH is 1. The minimum Gasteiger partial charge on any atom is -0.757 e. The van der Waals surface area contributed by atoms with Crippen LogP contribution < -0.4 is 5.43 Å². The molecule has 0 radical (unpaired) electrons. The molecule has 1 atom stereocenters. The van der Waals surface area contributed by atoms with Crippen LogP contribution >= 0.6 is 0 Å². The average Bonchev–Trinajstić information content (AvgIpc) is 2.29. The van der Waals surface area contributed by atoms with Gasteiger partial charge in [-0.2, -0.15) is 8.42 Å². The van der Waals surface area contributed by atoms with Gasteiger partial charge in [-0.1, -0.05) is 0 Å². The minimum atomic E-state index is -4.05. The van der Waals surface area contributed by atoms with E-state index in [0.717, 1.165) is 0 Å². The number of hydrogen-bond donors (Lipinski definition) is 3. The summed E-state index contributed by atoms with van der Waals surface area (Å²) < 4.78 is 29.7. The second-order valence-corrected chi connectivity index (χ2v) is 4.78. The van der Waals surface area contributed by atoms with Gasteiger partial charge in [0.1, 0.15) is 5.88 Å². The van der Waals surface area contributed by atoms with Crippen molar-refractivity contribution in [2.75, 3.05) is 25.7 Å². The Morgan fingerprint density at radius 2 is 2.21 bits per heavy atom. The van der Waals surface area contributed by atoms with Gasteiger partial charge >= 0.3 is 0 Å². The van der Waals surface area contributed by atoms with Crippen molar-refractivity contribution < 1.29 is 18.1 Å². The Labute approximate surface area is 87.8 Å². The van der Waals surface area contributed by atoms with Crippen LogP contribution in [0.1, 0.15) is 0 Å². The molecule has 0 amide bonds. The van der Waals surface area contributed by atoms with Crippen LogP contribution in [0, 0.1) is 0 Å². The highest BCUT2D eigenvalue weighted by atomic mass is 32.2. The van der Waals surface area contributed by atoms with Crippen LogP contribution in [-0.2, 0) is 22.7 Å². The quantitative estimate of drug-likeness (QED) is 0.375. The first-order valence-corrected chi connectivity index (χ1v) is 5.97. The molecule has 7 nitrogen and oxygen atoms in total. The number of hydrogen-bond acceptors (Lipinski definition) is 7. The summed E-state index contributed by atoms with van der Waals surface area (Å²) in [6, 6.07) is 0. The van der Waals surface area contributed by atoms with Gasteiger partial charge in [0.25, 0.3) is 10.1 Å². The number of rotatable bonds is 4. The summed E-state index contributed by atoms with van der Waals surface area (Å²) in [7, 11) is -4.05. The summed E-state index contributed by atoms with van der Waals surface area (Å²) >= 11 is 4.90. The van der Waals surface area contributed by atoms with Gasteiger partial charge in [-0.05, 0) is 5.50 Å². The van der Waals surface area contributed by atoms with Crippen molar-refractivity contribution in [1.29, 1.82) is 0 Å². The Balaban J connectivity index is 2.49. The highest BCUT2D eigenvalue weighted by molar-refractivity contribution is 7.85. The number of nitrogens with one attached hydrogen (secondary N) is 1. The molecule has 1 aliphatic heterocycles. The van der Waals surface area contributed by atoms with E-state index in [4.69, 9.17) is 22.3 Å². The molecule has 0 aromatic carbocycles. The summed E-state index contributed by atoms with van der Waals surface area (Å²) in [5.41, 5.74) is 2.19. The van der Waals surface area contributed by atoms with E-state index in [1.807, 2.05) is 0 Å². The molecule has 1 rings (SSSR count). The van der Waals surface area contributed by atoms with Crippen LogP contribution in [0.15, 0.2) is 0 Å². The predicted octanol–water partition coefficient (Wildman–Crippen LogP) is -2.27. The molecular weight excluding hydrogens is 230 g/mol. The number of β-amino-alcohol motifs (C(OH)–C–C–N with tert-alkyl or cyclic N) is 1. The van der Waals surface area contributed by atoms with Gasteiger partial charge in [0.05, 0.1) is 13.3 Å². The van der Waals surface area contributed by atoms with Gasteiger partial charge in [0, 0.05) is 6.54 Å². The summed E-state index contributed by atoms with van der Waals surface area (Å²) in [6.45, 7) is 0.568. The highest BCUT2D eigenvalue weighted by Gasteiger charge is 2.24. The maximum atomic E-state index is 10.6. The lowest BCUT2D eigenvalue weighted by Crippen LogP contribution is -2.38. The molecule has 1 saturated heterocycles. The molecule has 1 heterocycles. The Hall–Kier alpha value is 0.1000. The lowest BCUT2D eigenvalue weighted by molar-refractivity contribution is 0.169. The molecule has 3 N–H and O–H groups in total. The molecule has 0 aromatic heterocycles. The van der Waals surface area contributed by atoms with E-state index in [2.05, 4.69) is 5.43 Å². The largest absolute Gasteiger partial charge is 0.757 e. The zero-order chi connectivity index (χ0) is 10.8. The maximum Gasteiger partial charge on any atom is 0.278 e. The van der Waals surface area contributed by atoms with Gasteiger partial charge in [-0.25, -0.2) is 5.01 Å². The normalized spacial score (nSPS) is 25.8. The third-order valence-corrected chi connectivity index (χ3v) is 2.74. The predicted molar refractivity (Wildman–Crippen MR) is 51.2 cm³/mol. The maximum absolute atomic E-state index is 10.6. The Morgan fingerprint density at radius 3 is 2.71 bits per heavy atom. The van der Waals surface area contributed by atoms with E-state index in [9.17, 15) is 8.42 Å². The lowest BCUT2D eigenvalue weighted by Gasteiger charge is -2.25. The molecule has 14 heavy (non-hydrogen) atoms. The fourth-order valence-corrected chi connectivity index (χ4v) is 2.18. The SMILES string of the molecule is O=S(=O)(O)CN1CN(CCO)NC1[S-]. The molecule has 1 aliphatic rings. The van der Waals surface area contributed by atoms with E-state index in [0.29, 0.717) is 6.54 Å². The molecular formula is C5H12N3O4S2-. The van der Waals surface area contributed by atoms with Gasteiger partial charge in [-0.3, -0.25) is 14.9 Å². The first-order chi connectivity index (χ1) is 6.42. The van der Waals surface area contributed by atoms with Crippen LogP contribution in [0.2, 0.25) is 0 Å². The zero-order valence-electron chi connectivity index (χ0n) is 7.33. The fourth-order valence-electron chi connectivity index (χ4n) is 1.15. The Kier molecular flexibility index (Phi) is 4.13. The van der Waals surface area contributed by atoms with Crippen LogP contribution in [0.25, 0.3) is 0 Å². The summed E-state index contributed by atoms with van der Waals surface area (Å²) in [5, 5.41) is 10.2. The molecule has 0 spiro atoms. The topological polar surface area (TPSA) is 93.1 Å². The average molecular weight is 242 g/mol. The second kappa shape index (κ2) is 4.75. The van der Waals surface area contributed by atoms with Crippen molar-refractivity contribution >= 4 is 22.7 Å². The minimum absolute atomic E-state index is 0.0469. The van der Waals surface area contributed by atoms with Crippen molar-refractivity contribution in [3.8, 4) is 0 Å². The molecule has 9 heteroatoms. The molecule has 0 aliphatic carbocycles. The summed E-state index contributed by atoms with van der Waals surface area (Å²) in [5.74, 6) is -0.504. The second-order valence-electron chi connectivity index (χ2n) is 2.91. The standard InChI is InChI=1S/C5H13N3O4S2/c9-2-1-8-3-7(5(13)6-8)4-14(10,11)12/h5-6,9,13H,1-4H2,(H,10,11,12)/p-1. The number of aliphatic hydroxyl groups is 1. The first-order valence-electron chi connectivity index (χ1n) is 3.89. The third kappa shape index (κ3) is 3.69. The van der Waals surface area contributed by atoms with E-state index in [-0.39, 0.29) is 13.3 Å². The van der Waals surface area contributed by atoms with E-state index < -0.39 is 21.5 Å². The Bertz CT molecular complexity index is 283. The van der Waals surface area contributed by atoms with Gasteiger partial charge in [-0.15, -0.1) is 0 Å². The molecule has 0 bridgehead atoms. The van der Waals surface area contributed by atoms with Crippen LogP contribution in [0.4, 0.5) is 0 Å². The molecule has 0 saturated carbocycles. The van der Waals surface area contributed by atoms with Gasteiger partial charge in [0.2, 0.25) is 0 Å². The number of nitrogens with zero attached hydrogens (tertiary/aromatic N) is 2. The number of hydrazine groups is 1. The fraction of sp³-hybridized carbons (Fsp3) is 1.00. The highest BCUT2D eigenvalue weighted by Crippen LogP contribution is 2.07. The monoisotopic (exact) mass is 242 g/mol. The van der Waals surface area contributed by atoms with Gasteiger partial charge < -0.3 is 17.7 Å². The lowest BCUT2D eigenvalue weighted by atomic mass is 10.7. The van der Waals surface area contributed by atoms with Gasteiger partial charge in [0.15, 0.2) is 0 Å². The summed E-state index contributed by atoms with van der Waals surface area (Å²) in [6.07, 6.45) is 0. The van der Waals surface area contributed by atoms with Crippen molar-refractivity contribution in [2.24, 2.45) is 0 Å². The van der Waals surface area contributed by atoms with Crippen LogP contribution in [0.3, 0.4) is 0 Å². The van der Waals surface area contributed by atoms with Crippen LogP contribution in [-0.4, -0.2) is 59.2 Å². The van der Waals surface area contributed by atoms with Crippen LogP contribution in [0.5, 0.6) is 0 Å². The van der Waals surface area contributed by atoms with Crippen molar-refractivity contribution in [3.63, 3.8) is 0 Å². The molecule has 0 aromatic rings. The molecule has 84 valence electrons. The molecule has 1 fully saturated rings. The van der Waals surface area contributed by atoms with Crippen molar-refractivity contribution in [1.82, 2.24) is 15.3 Å². The van der Waals surface area contributed by atoms with Crippen molar-refractivity contribution in [2.45, 2.75) is 5.50 Å². The smallest absolute Gasteiger partial charge is 0.278 e. The van der Waals surface area contributed by atoms with E-state index in [1.165, 1.54) is 4.90 Å². The first kappa shape index (κ1) is 12.2. The van der Waals surface area contributed by atoms with Crippen molar-refractivity contribution in [3.05, 3.63) is 0 Å². The Morgan fingerprint density at radius 1 is 1.57 bits per heavy atom. The zero-order valence-corrected chi connectivity index (χ0v) is 8.96. The van der Waals surface area contributed by atoms with E-state index in [1.54, 1.807) is 5.01 Å². The summed E-state index contributed by atoms with van der Waals surface area (Å²) in [4.78, 5) is 1.36. The molecule has 1 unspecified atom stereocenters.